The van der Waals surface area contributed by atoms with Crippen molar-refractivity contribution >= 4 is 28.7 Å². The summed E-state index contributed by atoms with van der Waals surface area (Å²) in [5.41, 5.74) is 2.43. The largest absolute Gasteiger partial charge is 0.394 e. The van der Waals surface area contributed by atoms with Crippen LogP contribution in [0.15, 0.2) is 41.8 Å². The van der Waals surface area contributed by atoms with Crippen LogP contribution < -0.4 is 5.32 Å². The average Bonchev–Trinajstić information content (AvgIpc) is 3.27. The molecule has 0 amide bonds. The Bertz CT molecular complexity index is 917. The zero-order chi connectivity index (χ0) is 18.8. The van der Waals surface area contributed by atoms with Gasteiger partial charge in [-0.1, -0.05) is 17.7 Å². The number of hydrogen-bond donors (Lipinski definition) is 3. The summed E-state index contributed by atoms with van der Waals surface area (Å²) < 4.78 is 7.39. The van der Waals surface area contributed by atoms with Gasteiger partial charge in [0, 0.05) is 11.3 Å². The lowest BCUT2D eigenvalue weighted by molar-refractivity contribution is -0.0486. The molecule has 2 aromatic heterocycles. The summed E-state index contributed by atoms with van der Waals surface area (Å²) in [6, 6.07) is 8.34. The molecule has 0 saturated carbocycles. The number of ether oxygens (including phenoxy) is 1. The van der Waals surface area contributed by atoms with Gasteiger partial charge in [-0.2, -0.15) is 0 Å². The van der Waals surface area contributed by atoms with Crippen molar-refractivity contribution in [2.24, 2.45) is 0 Å². The maximum Gasteiger partial charge on any atom is 0.167 e. The molecule has 8 nitrogen and oxygen atoms in total. The van der Waals surface area contributed by atoms with Crippen molar-refractivity contribution in [3.8, 4) is 0 Å². The lowest BCUT2D eigenvalue weighted by Gasteiger charge is -2.16. The second-order valence-corrected chi connectivity index (χ2v) is 7.51. The Balaban J connectivity index is 1.50. The molecule has 3 atom stereocenters. The number of anilines is 1. The number of thioether (sulfide) groups is 1. The molecule has 142 valence electrons. The summed E-state index contributed by atoms with van der Waals surface area (Å²) in [5.74, 6) is 1.27. The zero-order valence-electron chi connectivity index (χ0n) is 14.8. The molecule has 3 N–H and O–H groups in total. The van der Waals surface area contributed by atoms with Gasteiger partial charge < -0.3 is 20.3 Å². The molecule has 1 fully saturated rings. The number of nitrogens with one attached hydrogen (secondary N) is 1. The van der Waals surface area contributed by atoms with Crippen LogP contribution in [0.3, 0.4) is 0 Å². The quantitative estimate of drug-likeness (QED) is 0.435. The third-order valence-electron chi connectivity index (χ3n) is 4.50. The Hall–Kier alpha value is -2.20. The summed E-state index contributed by atoms with van der Waals surface area (Å²) in [5, 5.41) is 22.8. The smallest absolute Gasteiger partial charge is 0.167 e. The first-order chi connectivity index (χ1) is 13.2. The molecule has 0 spiro atoms. The van der Waals surface area contributed by atoms with Gasteiger partial charge in [0.1, 0.15) is 12.4 Å². The van der Waals surface area contributed by atoms with Crippen LogP contribution in [-0.2, 0) is 4.74 Å². The maximum absolute atomic E-state index is 10.2. The minimum Gasteiger partial charge on any atom is -0.394 e. The number of rotatable bonds is 6. The Morgan fingerprint density at radius 3 is 2.81 bits per heavy atom. The summed E-state index contributed by atoms with van der Waals surface area (Å²) in [4.78, 5) is 14.2. The van der Waals surface area contributed by atoms with E-state index in [4.69, 9.17) is 4.74 Å². The van der Waals surface area contributed by atoms with Crippen molar-refractivity contribution in [1.82, 2.24) is 19.5 Å². The molecule has 3 heterocycles. The van der Waals surface area contributed by atoms with Gasteiger partial charge in [-0.3, -0.25) is 4.57 Å². The van der Waals surface area contributed by atoms with Gasteiger partial charge in [-0.15, -0.1) is 11.8 Å². The molecule has 3 aromatic rings. The van der Waals surface area contributed by atoms with Crippen LogP contribution >= 0.6 is 11.8 Å². The van der Waals surface area contributed by atoms with E-state index in [-0.39, 0.29) is 12.7 Å². The molecule has 1 aliphatic rings. The lowest BCUT2D eigenvalue weighted by atomic mass is 10.2. The standard InChI is InChI=1S/C18H21N5O3S/c1-11-2-4-13(5-3-11)27-10-22-16-15-17(20-8-19-16)23(9-21-15)18-14(25)6-12(7-24)26-18/h2-5,8-9,12,14,18,24-25H,6-7,10H2,1H3,(H,19,20,22)/t12-,14+,18+/m0/s1. The topological polar surface area (TPSA) is 105 Å². The number of aryl methyl sites for hydroxylation is 1. The van der Waals surface area contributed by atoms with E-state index in [2.05, 4.69) is 51.5 Å². The predicted molar refractivity (Wildman–Crippen MR) is 102 cm³/mol. The van der Waals surface area contributed by atoms with Crippen molar-refractivity contribution < 1.29 is 14.9 Å². The van der Waals surface area contributed by atoms with Crippen LogP contribution in [0.1, 0.15) is 18.2 Å². The van der Waals surface area contributed by atoms with Gasteiger partial charge in [-0.05, 0) is 19.1 Å². The van der Waals surface area contributed by atoms with E-state index in [1.54, 1.807) is 22.7 Å². The van der Waals surface area contributed by atoms with Gasteiger partial charge in [0.15, 0.2) is 23.2 Å². The zero-order valence-corrected chi connectivity index (χ0v) is 15.6. The number of fused-ring (bicyclic) bond motifs is 1. The molecule has 1 aromatic carbocycles. The molecule has 0 bridgehead atoms. The second kappa shape index (κ2) is 7.81. The van der Waals surface area contributed by atoms with Crippen molar-refractivity contribution in [3.63, 3.8) is 0 Å². The molecule has 0 aliphatic carbocycles. The third-order valence-corrected chi connectivity index (χ3v) is 5.40. The fourth-order valence-corrected chi connectivity index (χ4v) is 3.79. The Labute approximate surface area is 160 Å². The van der Waals surface area contributed by atoms with Crippen LogP contribution in [0.25, 0.3) is 11.2 Å². The molecule has 0 unspecified atom stereocenters. The molecule has 0 radical (unpaired) electrons. The maximum atomic E-state index is 10.2. The summed E-state index contributed by atoms with van der Waals surface area (Å²) in [6.45, 7) is 1.94. The number of hydrogen-bond acceptors (Lipinski definition) is 8. The van der Waals surface area contributed by atoms with E-state index >= 15 is 0 Å². The van der Waals surface area contributed by atoms with Crippen LogP contribution in [0.2, 0.25) is 0 Å². The first kappa shape index (κ1) is 18.2. The minimum atomic E-state index is -0.719. The summed E-state index contributed by atoms with van der Waals surface area (Å²) >= 11 is 1.67. The van der Waals surface area contributed by atoms with Crippen LogP contribution in [0.4, 0.5) is 5.82 Å². The molecular formula is C18H21N5O3S. The third kappa shape index (κ3) is 3.77. The lowest BCUT2D eigenvalue weighted by Crippen LogP contribution is -2.19. The molecular weight excluding hydrogens is 366 g/mol. The second-order valence-electron chi connectivity index (χ2n) is 6.46. The van der Waals surface area contributed by atoms with Gasteiger partial charge in [-0.25, -0.2) is 15.0 Å². The van der Waals surface area contributed by atoms with E-state index in [1.165, 1.54) is 16.8 Å². The number of benzene rings is 1. The normalized spacial score (nSPS) is 22.4. The number of nitrogens with zero attached hydrogens (tertiary/aromatic N) is 4. The first-order valence-corrected chi connectivity index (χ1v) is 9.69. The first-order valence-electron chi connectivity index (χ1n) is 8.71. The van der Waals surface area contributed by atoms with E-state index in [0.29, 0.717) is 29.3 Å². The van der Waals surface area contributed by atoms with E-state index in [9.17, 15) is 10.2 Å². The fraction of sp³-hybridized carbons (Fsp3) is 0.389. The van der Waals surface area contributed by atoms with Gasteiger partial charge in [0.05, 0.1) is 24.9 Å². The minimum absolute atomic E-state index is 0.127. The van der Waals surface area contributed by atoms with E-state index in [0.717, 1.165) is 0 Å². The SMILES string of the molecule is Cc1ccc(SCNc2ncnc3c2ncn3[C@@H]2O[C@H](CO)C[C@H]2O)cc1. The monoisotopic (exact) mass is 387 g/mol. The number of aliphatic hydroxyl groups excluding tert-OH is 2. The Kier molecular flexibility index (Phi) is 5.26. The van der Waals surface area contributed by atoms with Crippen LogP contribution in [0, 0.1) is 6.92 Å². The fourth-order valence-electron chi connectivity index (χ4n) is 3.09. The van der Waals surface area contributed by atoms with Crippen LogP contribution in [-0.4, -0.2) is 54.4 Å². The number of aromatic nitrogens is 4. The van der Waals surface area contributed by atoms with Crippen molar-refractivity contribution in [1.29, 1.82) is 0 Å². The Morgan fingerprint density at radius 1 is 1.26 bits per heavy atom. The average molecular weight is 387 g/mol. The van der Waals surface area contributed by atoms with Crippen molar-refractivity contribution in [3.05, 3.63) is 42.5 Å². The molecule has 4 rings (SSSR count). The van der Waals surface area contributed by atoms with Crippen molar-refractivity contribution in [2.75, 3.05) is 17.8 Å². The molecule has 9 heteroatoms. The highest BCUT2D eigenvalue weighted by Crippen LogP contribution is 2.31. The van der Waals surface area contributed by atoms with Gasteiger partial charge in [0.25, 0.3) is 0 Å². The predicted octanol–water partition coefficient (Wildman–Crippen LogP) is 1.94. The molecule has 1 saturated heterocycles. The highest BCUT2D eigenvalue weighted by Gasteiger charge is 2.35. The van der Waals surface area contributed by atoms with Crippen molar-refractivity contribution in [2.45, 2.75) is 36.7 Å². The summed E-state index contributed by atoms with van der Waals surface area (Å²) in [6.07, 6.45) is 1.72. The summed E-state index contributed by atoms with van der Waals surface area (Å²) in [7, 11) is 0. The number of aliphatic hydroxyl groups is 2. The Morgan fingerprint density at radius 2 is 2.07 bits per heavy atom. The van der Waals surface area contributed by atoms with Gasteiger partial charge in [0.2, 0.25) is 0 Å². The van der Waals surface area contributed by atoms with E-state index < -0.39 is 12.3 Å². The molecule has 1 aliphatic heterocycles. The van der Waals surface area contributed by atoms with E-state index in [1.807, 2.05) is 0 Å². The highest BCUT2D eigenvalue weighted by molar-refractivity contribution is 7.99. The highest BCUT2D eigenvalue weighted by atomic mass is 32.2. The number of imidazole rings is 1. The van der Waals surface area contributed by atoms with Gasteiger partial charge >= 0.3 is 0 Å². The molecule has 27 heavy (non-hydrogen) atoms. The van der Waals surface area contributed by atoms with Crippen LogP contribution in [0.5, 0.6) is 0 Å².